The molecule has 1 aliphatic carbocycles. The summed E-state index contributed by atoms with van der Waals surface area (Å²) in [6.07, 6.45) is 1.82. The Hall–Kier alpha value is -7.31. The number of ether oxygens (including phenoxy) is 1. The molecule has 4 heterocycles. The Morgan fingerprint density at radius 3 is 2.20 bits per heavy atom. The number of hydrogen-bond acceptors (Lipinski definition) is 15. The second-order valence-electron chi connectivity index (χ2n) is 20.0. The van der Waals surface area contributed by atoms with E-state index >= 15 is 0 Å². The Morgan fingerprint density at radius 1 is 0.838 bits per heavy atom. The molecule has 0 saturated carbocycles. The minimum Gasteiger partial charge on any atom is -0.744 e. The second-order valence-corrected chi connectivity index (χ2v) is 25.3. The van der Waals surface area contributed by atoms with Gasteiger partial charge in [-0.2, -0.15) is 4.31 Å². The van der Waals surface area contributed by atoms with Crippen LogP contribution >= 0.6 is 0 Å². The van der Waals surface area contributed by atoms with Gasteiger partial charge in [0.1, 0.15) is 40.3 Å². The summed E-state index contributed by atoms with van der Waals surface area (Å²) in [6, 6.07) is 26.3. The summed E-state index contributed by atoms with van der Waals surface area (Å²) in [6.45, 7) is 11.9. The number of sulfonamides is 1. The zero-order chi connectivity index (χ0) is 57.1. The highest BCUT2D eigenvalue weighted by Crippen LogP contribution is 2.44. The highest BCUT2D eigenvalue weighted by atomic mass is 32.2. The fourth-order valence-electron chi connectivity index (χ4n) is 10.7. The van der Waals surface area contributed by atoms with Crippen LogP contribution in [0.5, 0.6) is 5.75 Å². The van der Waals surface area contributed by atoms with Crippen LogP contribution in [0.1, 0.15) is 70.7 Å². The summed E-state index contributed by atoms with van der Waals surface area (Å²) in [5.74, 6) is -3.03. The van der Waals surface area contributed by atoms with Gasteiger partial charge >= 0.3 is 12.1 Å². The third-order valence-electron chi connectivity index (χ3n) is 15.1. The monoisotopic (exact) mass is 1150 g/mol. The first kappa shape index (κ1) is 57.4. The second kappa shape index (κ2) is 23.8. The molecule has 3 atom stereocenters. The molecule has 4 aromatic carbocycles. The van der Waals surface area contributed by atoms with Crippen molar-refractivity contribution in [3.8, 4) is 28.2 Å². The summed E-state index contributed by atoms with van der Waals surface area (Å²) in [5, 5.41) is 20.1. The van der Waals surface area contributed by atoms with Crippen molar-refractivity contribution in [3.05, 3.63) is 132 Å². The number of ketones is 1. The number of aromatic nitrogens is 3. The lowest BCUT2D eigenvalue weighted by Gasteiger charge is -2.24. The highest BCUT2D eigenvalue weighted by molar-refractivity contribution is 7.91. The molecule has 3 aliphatic heterocycles. The minimum absolute atomic E-state index is 0.00238. The van der Waals surface area contributed by atoms with E-state index < -0.39 is 87.8 Å². The number of hydrogen-bond donors (Lipinski definition) is 1. The Morgan fingerprint density at radius 2 is 1.54 bits per heavy atom. The van der Waals surface area contributed by atoms with E-state index in [0.717, 1.165) is 34.3 Å². The van der Waals surface area contributed by atoms with Crippen LogP contribution in [0.25, 0.3) is 33.4 Å². The number of carbonyl (C=O) groups is 3. The summed E-state index contributed by atoms with van der Waals surface area (Å²) in [4.78, 5) is 41.9. The number of aliphatic carboxylic acids is 1. The number of nitrogens with zero attached hydrogens (tertiary/aromatic N) is 7. The van der Waals surface area contributed by atoms with Crippen LogP contribution in [-0.2, 0) is 52.4 Å². The lowest BCUT2D eigenvalue weighted by Crippen LogP contribution is -2.41. The first-order chi connectivity index (χ1) is 38.2. The van der Waals surface area contributed by atoms with E-state index in [1.54, 1.807) is 47.4 Å². The molecule has 23 heteroatoms. The normalized spacial score (nSPS) is 16.5. The fourth-order valence-corrected chi connectivity index (χ4v) is 14.5. The molecule has 1 amide bonds. The number of carboxylic acid groups (broad SMARTS) is 1. The van der Waals surface area contributed by atoms with Crippen LogP contribution in [0.4, 0.5) is 10.5 Å². The summed E-state index contributed by atoms with van der Waals surface area (Å²) >= 11 is 0. The summed E-state index contributed by atoms with van der Waals surface area (Å²) in [5.41, 5.74) is 2.91. The molecule has 2 fully saturated rings. The lowest BCUT2D eigenvalue weighted by molar-refractivity contribution is -0.144. The maximum Gasteiger partial charge on any atom is 0.415 e. The molecular formula is C57H63N7O13S3. The van der Waals surface area contributed by atoms with Crippen LogP contribution < -0.4 is 19.6 Å². The Kier molecular flexibility index (Phi) is 17.1. The van der Waals surface area contributed by atoms with Crippen molar-refractivity contribution in [2.24, 2.45) is 5.92 Å². The van der Waals surface area contributed by atoms with Gasteiger partial charge in [0, 0.05) is 91.7 Å². The summed E-state index contributed by atoms with van der Waals surface area (Å²) in [7, 11) is -14.0. The van der Waals surface area contributed by atoms with Crippen molar-refractivity contribution in [1.82, 2.24) is 28.8 Å². The first-order valence-corrected chi connectivity index (χ1v) is 31.2. The van der Waals surface area contributed by atoms with Crippen LogP contribution in [-0.4, -0.2) is 135 Å². The average Bonchev–Trinajstić information content (AvgIpc) is 4.27. The SMILES string of the molecule is CCN(CC)c1ccc2c(-c3ccc(S(=O)(=O)CCc4cn(C5C[C@@H](C(=O)C[C@@H](Cc6ccc(OC(=O)N7CCCC7)cc6)C(=O)O)N(S(=O)(=O)c6ccccc6)C5)nn4)cc3S(=O)(=O)[O-])c3ccc(=[N+](CC)CC)cc-3oc2c1. The zero-order valence-corrected chi connectivity index (χ0v) is 47.3. The fraction of sp³-hybridized carbons (Fsp3) is 0.368. The van der Waals surface area contributed by atoms with E-state index in [1.807, 2.05) is 52.0 Å². The number of likely N-dealkylation sites (tertiary alicyclic amines) is 1. The van der Waals surface area contributed by atoms with E-state index in [-0.39, 0.29) is 47.7 Å². The maximum absolute atomic E-state index is 14.3. The van der Waals surface area contributed by atoms with Crippen molar-refractivity contribution in [2.45, 2.75) is 93.0 Å². The molecule has 2 saturated heterocycles. The predicted octanol–water partition coefficient (Wildman–Crippen LogP) is 6.88. The molecule has 0 radical (unpaired) electrons. The van der Waals surface area contributed by atoms with E-state index in [4.69, 9.17) is 9.15 Å². The van der Waals surface area contributed by atoms with Crippen molar-refractivity contribution in [2.75, 3.05) is 56.5 Å². The quantitative estimate of drug-likeness (QED) is 0.0437. The van der Waals surface area contributed by atoms with Crippen molar-refractivity contribution >= 4 is 64.5 Å². The van der Waals surface area contributed by atoms with Crippen LogP contribution in [0.3, 0.4) is 0 Å². The van der Waals surface area contributed by atoms with Gasteiger partial charge in [-0.05, 0) is 114 Å². The van der Waals surface area contributed by atoms with Gasteiger partial charge in [-0.15, -0.1) is 5.10 Å². The van der Waals surface area contributed by atoms with Crippen molar-refractivity contribution in [3.63, 3.8) is 0 Å². The Balaban J connectivity index is 0.956. The van der Waals surface area contributed by atoms with E-state index in [9.17, 15) is 49.3 Å². The van der Waals surface area contributed by atoms with Gasteiger partial charge in [0.25, 0.3) is 0 Å². The molecule has 4 aliphatic rings. The highest BCUT2D eigenvalue weighted by Gasteiger charge is 2.45. The Labute approximate surface area is 465 Å². The molecular weight excluding hydrogens is 1090 g/mol. The van der Waals surface area contributed by atoms with Crippen LogP contribution in [0.15, 0.2) is 134 Å². The van der Waals surface area contributed by atoms with Crippen molar-refractivity contribution in [1.29, 1.82) is 0 Å². The number of rotatable bonds is 21. The zero-order valence-electron chi connectivity index (χ0n) is 44.8. The van der Waals surface area contributed by atoms with Gasteiger partial charge in [0.15, 0.2) is 15.6 Å². The van der Waals surface area contributed by atoms with E-state index in [0.29, 0.717) is 72.7 Å². The minimum atomic E-state index is -5.31. The smallest absolute Gasteiger partial charge is 0.415 e. The molecule has 0 spiro atoms. The van der Waals surface area contributed by atoms with Crippen molar-refractivity contribution < 1.29 is 58.5 Å². The number of benzene rings is 5. The maximum atomic E-state index is 14.3. The molecule has 5 aromatic rings. The van der Waals surface area contributed by atoms with Gasteiger partial charge in [-0.3, -0.25) is 9.59 Å². The van der Waals surface area contributed by atoms with Gasteiger partial charge in [-0.1, -0.05) is 41.6 Å². The van der Waals surface area contributed by atoms with E-state index in [2.05, 4.69) is 19.8 Å². The number of carbonyl (C=O) groups excluding carboxylic acids is 2. The van der Waals surface area contributed by atoms with Gasteiger partial charge in [-0.25, -0.2) is 39.3 Å². The average molecular weight is 1150 g/mol. The molecule has 1 N–H and O–H groups in total. The number of fused-ring (bicyclic) bond motifs is 2. The lowest BCUT2D eigenvalue weighted by atomic mass is 9.91. The van der Waals surface area contributed by atoms with Crippen LogP contribution in [0.2, 0.25) is 0 Å². The van der Waals surface area contributed by atoms with E-state index in [1.165, 1.54) is 47.3 Å². The molecule has 80 heavy (non-hydrogen) atoms. The first-order valence-electron chi connectivity index (χ1n) is 26.7. The molecule has 0 bridgehead atoms. The molecule has 20 nitrogen and oxygen atoms in total. The standard InChI is InChI=1S/C57H63N7O13S3/c1-5-60(6-2)41-18-23-47-52(33-41)77-53-34-42(61(7-3)8-4)19-24-48(53)55(47)49-25-22-46(35-54(49)80(73,74)75)78(69,70)29-26-40-36-63(59-58-40)43-32-50(64(37-43)79(71,72)45-14-10-9-11-15-45)51(65)31-39(56(66)67)30-38-16-20-44(21-17-38)76-57(68)62-27-12-13-28-62/h9-11,14-25,33-36,39,43,50H,5-8,12-13,26-32,37H2,1-4H3,(H-,66,67,73,74,75)/t39-,43?,50+/m1/s1. The molecule has 422 valence electrons. The third kappa shape index (κ3) is 12.2. The van der Waals surface area contributed by atoms with Gasteiger partial charge in [0.2, 0.25) is 15.4 Å². The van der Waals surface area contributed by atoms with Crippen LogP contribution in [0, 0.1) is 5.92 Å². The predicted molar refractivity (Wildman–Crippen MR) is 297 cm³/mol. The number of aryl methyl sites for hydroxylation is 1. The number of anilines is 1. The Bertz CT molecular complexity index is 3830. The number of carboxylic acids is 1. The number of Topliss-reactive ketones (excluding diaryl/α,β-unsaturated/α-hetero) is 1. The van der Waals surface area contributed by atoms with Gasteiger partial charge in [0.05, 0.1) is 50.2 Å². The summed E-state index contributed by atoms with van der Waals surface area (Å²) < 4.78 is 113. The largest absolute Gasteiger partial charge is 0.744 e. The molecule has 9 rings (SSSR count). The topological polar surface area (TPSA) is 263 Å². The number of amides is 1. The molecule has 1 aromatic heterocycles. The molecule has 1 unspecified atom stereocenters. The van der Waals surface area contributed by atoms with Gasteiger partial charge < -0.3 is 28.6 Å². The number of sulfone groups is 1. The third-order valence-corrected chi connectivity index (χ3v) is 19.6.